The van der Waals surface area contributed by atoms with Gasteiger partial charge in [0, 0.05) is 9.99 Å². The molecule has 2 aromatic carbocycles. The van der Waals surface area contributed by atoms with Gasteiger partial charge < -0.3 is 9.84 Å². The molecule has 106 valence electrons. The van der Waals surface area contributed by atoms with Crippen LogP contribution < -0.4 is 4.74 Å². The van der Waals surface area contributed by atoms with Gasteiger partial charge in [-0.25, -0.2) is 0 Å². The van der Waals surface area contributed by atoms with Crippen LogP contribution in [0.25, 0.3) is 0 Å². The van der Waals surface area contributed by atoms with Gasteiger partial charge in [-0.15, -0.1) is 0 Å². The molecule has 1 N–H and O–H groups in total. The molecule has 0 aromatic heterocycles. The summed E-state index contributed by atoms with van der Waals surface area (Å²) in [4.78, 5) is 0. The van der Waals surface area contributed by atoms with Crippen LogP contribution in [-0.4, -0.2) is 12.2 Å². The third-order valence-electron chi connectivity index (χ3n) is 3.23. The second kappa shape index (κ2) is 6.91. The Labute approximate surface area is 141 Å². The molecule has 0 bridgehead atoms. The van der Waals surface area contributed by atoms with Crippen LogP contribution in [0.3, 0.4) is 0 Å². The molecule has 1 atom stereocenters. The van der Waals surface area contributed by atoms with Crippen LogP contribution in [0, 0.1) is 10.5 Å². The number of methoxy groups -OCH3 is 1. The fraction of sp³-hybridized carbons (Fsp3) is 0.250. The minimum atomic E-state index is -0.498. The minimum Gasteiger partial charge on any atom is -0.496 e. The van der Waals surface area contributed by atoms with Crippen molar-refractivity contribution in [2.24, 2.45) is 0 Å². The number of benzene rings is 2. The van der Waals surface area contributed by atoms with Crippen molar-refractivity contribution in [2.75, 3.05) is 7.11 Å². The molecule has 4 heteroatoms. The lowest BCUT2D eigenvalue weighted by Gasteiger charge is -2.15. The molecule has 0 aliphatic rings. The van der Waals surface area contributed by atoms with Crippen molar-refractivity contribution in [3.63, 3.8) is 0 Å². The highest BCUT2D eigenvalue weighted by atomic mass is 127. The number of halogens is 2. The predicted octanol–water partition coefficient (Wildman–Crippen LogP) is 4.65. The molecule has 2 nitrogen and oxygen atoms in total. The van der Waals surface area contributed by atoms with Gasteiger partial charge in [0.05, 0.1) is 17.7 Å². The molecule has 0 amide bonds. The van der Waals surface area contributed by atoms with Gasteiger partial charge in [0.25, 0.3) is 0 Å². The molecule has 0 fully saturated rings. The molecule has 20 heavy (non-hydrogen) atoms. The van der Waals surface area contributed by atoms with Gasteiger partial charge in [0.2, 0.25) is 0 Å². The third kappa shape index (κ3) is 3.54. The summed E-state index contributed by atoms with van der Waals surface area (Å²) < 4.78 is 7.25. The van der Waals surface area contributed by atoms with E-state index in [0.29, 0.717) is 6.42 Å². The lowest BCUT2D eigenvalue weighted by Crippen LogP contribution is -2.05. The molecule has 0 saturated carbocycles. The molecular weight excluding hydrogens is 431 g/mol. The Hall–Kier alpha value is -0.590. The Balaban J connectivity index is 2.21. The summed E-state index contributed by atoms with van der Waals surface area (Å²) in [5, 5.41) is 10.4. The Morgan fingerprint density at radius 1 is 1.30 bits per heavy atom. The van der Waals surface area contributed by atoms with Gasteiger partial charge in [-0.2, -0.15) is 0 Å². The van der Waals surface area contributed by atoms with E-state index in [1.54, 1.807) is 7.11 Å². The smallest absolute Gasteiger partial charge is 0.133 e. The summed E-state index contributed by atoms with van der Waals surface area (Å²) in [5.74, 6) is 0.799. The Bertz CT molecular complexity index is 613. The number of aliphatic hydroxyl groups excluding tert-OH is 1. The van der Waals surface area contributed by atoms with E-state index in [0.717, 1.165) is 24.9 Å². The maximum absolute atomic E-state index is 10.4. The topological polar surface area (TPSA) is 29.5 Å². The standard InChI is InChI=1S/C16H16BrIO2/c1-10-4-3-5-12(16(10)18)14(19)9-11-6-7-15(20-2)13(17)8-11/h3-8,14,19H,9H2,1-2H3. The van der Waals surface area contributed by atoms with Gasteiger partial charge in [0.15, 0.2) is 0 Å². The van der Waals surface area contributed by atoms with E-state index in [1.807, 2.05) is 30.3 Å². The number of aliphatic hydroxyl groups is 1. The van der Waals surface area contributed by atoms with Crippen molar-refractivity contribution >= 4 is 38.5 Å². The first kappa shape index (κ1) is 15.8. The molecule has 0 aliphatic heterocycles. The quantitative estimate of drug-likeness (QED) is 0.693. The minimum absolute atomic E-state index is 0.498. The van der Waals surface area contributed by atoms with E-state index >= 15 is 0 Å². The van der Waals surface area contributed by atoms with Crippen molar-refractivity contribution in [1.29, 1.82) is 0 Å². The van der Waals surface area contributed by atoms with Crippen molar-refractivity contribution in [3.8, 4) is 5.75 Å². The van der Waals surface area contributed by atoms with Crippen molar-refractivity contribution < 1.29 is 9.84 Å². The number of ether oxygens (including phenoxy) is 1. The zero-order valence-corrected chi connectivity index (χ0v) is 15.1. The number of rotatable bonds is 4. The van der Waals surface area contributed by atoms with E-state index in [1.165, 1.54) is 5.56 Å². The molecule has 0 radical (unpaired) electrons. The summed E-state index contributed by atoms with van der Waals surface area (Å²) in [6.45, 7) is 2.06. The van der Waals surface area contributed by atoms with Gasteiger partial charge >= 0.3 is 0 Å². The first-order valence-electron chi connectivity index (χ1n) is 6.28. The molecular formula is C16H16BrIO2. The normalized spacial score (nSPS) is 12.2. The number of aryl methyl sites for hydroxylation is 1. The van der Waals surface area contributed by atoms with E-state index in [-0.39, 0.29) is 0 Å². The Morgan fingerprint density at radius 3 is 2.70 bits per heavy atom. The maximum atomic E-state index is 10.4. The zero-order chi connectivity index (χ0) is 14.7. The summed E-state index contributed by atoms with van der Waals surface area (Å²) in [5.41, 5.74) is 3.25. The number of hydrogen-bond donors (Lipinski definition) is 1. The maximum Gasteiger partial charge on any atom is 0.133 e. The van der Waals surface area contributed by atoms with Crippen molar-refractivity contribution in [3.05, 3.63) is 61.1 Å². The van der Waals surface area contributed by atoms with Gasteiger partial charge in [-0.1, -0.05) is 24.3 Å². The van der Waals surface area contributed by atoms with E-state index in [2.05, 4.69) is 51.5 Å². The molecule has 0 aliphatic carbocycles. The van der Waals surface area contributed by atoms with Crippen molar-refractivity contribution in [1.82, 2.24) is 0 Å². The van der Waals surface area contributed by atoms with E-state index < -0.39 is 6.10 Å². The summed E-state index contributed by atoms with van der Waals surface area (Å²) >= 11 is 5.76. The van der Waals surface area contributed by atoms with Gasteiger partial charge in [-0.3, -0.25) is 0 Å². The lowest BCUT2D eigenvalue weighted by atomic mass is 10.00. The fourth-order valence-electron chi connectivity index (χ4n) is 2.10. The second-order valence-electron chi connectivity index (χ2n) is 4.67. The predicted molar refractivity (Wildman–Crippen MR) is 93.3 cm³/mol. The number of hydrogen-bond acceptors (Lipinski definition) is 2. The molecule has 0 heterocycles. The highest BCUT2D eigenvalue weighted by Gasteiger charge is 2.14. The van der Waals surface area contributed by atoms with Crippen LogP contribution in [0.1, 0.15) is 22.8 Å². The van der Waals surface area contributed by atoms with Crippen LogP contribution in [0.5, 0.6) is 5.75 Å². The first-order chi connectivity index (χ1) is 9.52. The van der Waals surface area contributed by atoms with Crippen LogP contribution in [0.4, 0.5) is 0 Å². The molecule has 0 spiro atoms. The Kier molecular flexibility index (Phi) is 5.46. The van der Waals surface area contributed by atoms with E-state index in [4.69, 9.17) is 4.74 Å². The van der Waals surface area contributed by atoms with Crippen LogP contribution >= 0.6 is 38.5 Å². The molecule has 0 saturated heterocycles. The summed E-state index contributed by atoms with van der Waals surface area (Å²) in [6.07, 6.45) is 0.0873. The second-order valence-corrected chi connectivity index (χ2v) is 6.60. The largest absolute Gasteiger partial charge is 0.496 e. The SMILES string of the molecule is COc1ccc(CC(O)c2cccc(C)c2I)cc1Br. The zero-order valence-electron chi connectivity index (χ0n) is 11.4. The molecule has 2 aromatic rings. The summed E-state index contributed by atoms with van der Waals surface area (Å²) in [6, 6.07) is 11.9. The fourth-order valence-corrected chi connectivity index (χ4v) is 3.40. The lowest BCUT2D eigenvalue weighted by molar-refractivity contribution is 0.177. The average Bonchev–Trinajstić information content (AvgIpc) is 2.42. The van der Waals surface area contributed by atoms with E-state index in [9.17, 15) is 5.11 Å². The van der Waals surface area contributed by atoms with Crippen LogP contribution in [0.15, 0.2) is 40.9 Å². The third-order valence-corrected chi connectivity index (χ3v) is 5.32. The van der Waals surface area contributed by atoms with Crippen LogP contribution in [0.2, 0.25) is 0 Å². The van der Waals surface area contributed by atoms with Gasteiger partial charge in [-0.05, 0) is 74.3 Å². The Morgan fingerprint density at radius 2 is 2.05 bits per heavy atom. The van der Waals surface area contributed by atoms with Gasteiger partial charge in [0.1, 0.15) is 5.75 Å². The highest BCUT2D eigenvalue weighted by Crippen LogP contribution is 2.29. The average molecular weight is 447 g/mol. The van der Waals surface area contributed by atoms with Crippen LogP contribution in [-0.2, 0) is 6.42 Å². The molecule has 1 unspecified atom stereocenters. The van der Waals surface area contributed by atoms with Crippen molar-refractivity contribution in [2.45, 2.75) is 19.4 Å². The first-order valence-corrected chi connectivity index (χ1v) is 8.15. The highest BCUT2D eigenvalue weighted by molar-refractivity contribution is 14.1. The molecule has 2 rings (SSSR count). The summed E-state index contributed by atoms with van der Waals surface area (Å²) in [7, 11) is 1.64. The monoisotopic (exact) mass is 446 g/mol.